The summed E-state index contributed by atoms with van der Waals surface area (Å²) in [6.45, 7) is 16.8. The summed E-state index contributed by atoms with van der Waals surface area (Å²) in [7, 11) is 3.79. The molecule has 0 amide bonds. The summed E-state index contributed by atoms with van der Waals surface area (Å²) < 4.78 is 60.9. The molecule has 2 unspecified atom stereocenters. The number of fused-ring (bicyclic) bond motifs is 2. The number of hydrogen-bond acceptors (Lipinski definition) is 19. The maximum absolute atomic E-state index is 13.6. The van der Waals surface area contributed by atoms with Crippen molar-refractivity contribution < 1.29 is 22.7 Å². The first-order chi connectivity index (χ1) is 40.6. The Kier molecular flexibility index (Phi) is 17.6. The monoisotopic (exact) mass is 1190 g/mol. The van der Waals surface area contributed by atoms with Gasteiger partial charge < -0.3 is 28.7 Å². The molecule has 0 radical (unpaired) electrons. The number of carbonyl (C=O) groups is 1. The molecule has 440 valence electrons. The Balaban J connectivity index is 0.000000171. The molecule has 2 saturated heterocycles. The fourth-order valence-electron chi connectivity index (χ4n) is 9.09. The number of nitrogens with two attached hydrogens (primary N) is 1. The van der Waals surface area contributed by atoms with E-state index in [-0.39, 0.29) is 22.2 Å². The van der Waals surface area contributed by atoms with Gasteiger partial charge in [0.25, 0.3) is 0 Å². The number of rotatable bonds is 11. The first kappa shape index (κ1) is 59.4. The molecule has 0 aliphatic carbocycles. The number of anilines is 4. The number of aromatic nitrogens is 14. The summed E-state index contributed by atoms with van der Waals surface area (Å²) in [5.74, 6) is 1.95. The number of hydrogen-bond donors (Lipinski definition) is 1. The lowest BCUT2D eigenvalue weighted by molar-refractivity contribution is 0.103. The van der Waals surface area contributed by atoms with Gasteiger partial charge in [-0.1, -0.05) is 4.40 Å². The Morgan fingerprint density at radius 3 is 1.27 bits per heavy atom. The van der Waals surface area contributed by atoms with Gasteiger partial charge in [-0.15, -0.1) is 0 Å². The van der Waals surface area contributed by atoms with E-state index in [0.29, 0.717) is 66.0 Å². The highest BCUT2D eigenvalue weighted by molar-refractivity contribution is 7.91. The molecule has 8 aromatic heterocycles. The van der Waals surface area contributed by atoms with Crippen molar-refractivity contribution in [2.45, 2.75) is 51.0 Å². The zero-order valence-electron chi connectivity index (χ0n) is 48.2. The van der Waals surface area contributed by atoms with Gasteiger partial charge in [-0.3, -0.25) is 14.2 Å². The van der Waals surface area contributed by atoms with Crippen molar-refractivity contribution in [1.29, 1.82) is 0 Å². The number of carbonyl (C=O) groups excluding carboxylic acids is 1. The predicted octanol–water partition coefficient (Wildman–Crippen LogP) is 6.71. The highest BCUT2D eigenvalue weighted by atomic mass is 32.2. The second kappa shape index (κ2) is 25.2. The molecule has 0 spiro atoms. The number of nitrogens with zero attached hydrogens (tertiary/aromatic N) is 19. The molecule has 2 aromatic carbocycles. The van der Waals surface area contributed by atoms with Gasteiger partial charge in [0.2, 0.25) is 11.9 Å². The van der Waals surface area contributed by atoms with Crippen LogP contribution < -0.4 is 24.7 Å². The van der Waals surface area contributed by atoms with Crippen molar-refractivity contribution in [3.63, 3.8) is 0 Å². The van der Waals surface area contributed by atoms with Crippen molar-refractivity contribution in [2.24, 2.45) is 23.6 Å². The first-order valence-corrected chi connectivity index (χ1v) is 29.5. The van der Waals surface area contributed by atoms with E-state index in [1.54, 1.807) is 46.5 Å². The Hall–Kier alpha value is -8.76. The van der Waals surface area contributed by atoms with Crippen molar-refractivity contribution in [1.82, 2.24) is 68.7 Å². The predicted molar refractivity (Wildman–Crippen MR) is 325 cm³/mol. The molecule has 2 aliphatic rings. The molecular weight excluding hydrogens is 1130 g/mol. The minimum Gasteiger partial charge on any atom is -0.598 e. The van der Waals surface area contributed by atoms with Crippen molar-refractivity contribution in [3.05, 3.63) is 169 Å². The lowest BCUT2D eigenvalue weighted by Crippen LogP contribution is -2.47. The van der Waals surface area contributed by atoms with Gasteiger partial charge in [-0.2, -0.15) is 25.5 Å². The lowest BCUT2D eigenvalue weighted by Gasteiger charge is -2.35. The van der Waals surface area contributed by atoms with E-state index in [1.165, 1.54) is 48.8 Å². The maximum atomic E-state index is 13.6. The summed E-state index contributed by atoms with van der Waals surface area (Å²) in [6.07, 6.45) is 21.2. The molecule has 0 bridgehead atoms. The van der Waals surface area contributed by atoms with E-state index in [9.17, 15) is 22.7 Å². The van der Waals surface area contributed by atoms with Crippen LogP contribution in [-0.2, 0) is 36.8 Å². The molecule has 10 aromatic rings. The van der Waals surface area contributed by atoms with Gasteiger partial charge in [-0.05, 0) is 102 Å². The van der Waals surface area contributed by atoms with Crippen molar-refractivity contribution in [2.75, 3.05) is 72.0 Å². The lowest BCUT2D eigenvalue weighted by atomic mass is 10.1. The van der Waals surface area contributed by atoms with Crippen LogP contribution in [0.1, 0.15) is 68.6 Å². The average molecular weight is 1190 g/mol. The Morgan fingerprint density at radius 2 is 0.894 bits per heavy atom. The van der Waals surface area contributed by atoms with E-state index in [1.807, 2.05) is 102 Å². The van der Waals surface area contributed by atoms with Crippen LogP contribution in [0.3, 0.4) is 0 Å². The molecule has 85 heavy (non-hydrogen) atoms. The van der Waals surface area contributed by atoms with Crippen LogP contribution in [-0.4, -0.2) is 151 Å². The fourth-order valence-corrected chi connectivity index (χ4v) is 9.74. The van der Waals surface area contributed by atoms with Crippen LogP contribution in [0.5, 0.6) is 0 Å². The standard InChI is InChI=1S/C29H31FN10OS.C25H22FN9O.C4H11NOS/c1-29(2,3)42(41)36-26(20-5-7-24(30)8-6-20)22-14-31-28(32-15-22)39-11-9-38(10-12-39)27-25-13-21(18-40(25)35-19-33-27)23-16-34-37(4)17-23;1-32-14-20(13-30-32)18-10-22-24(29-16-31-35(22)15-18)33-6-8-34(9-7-33)25-27-11-19(12-28-25)23(36)17-2-4-21(26)5-3-17;1-4(2,3)7(5)6/h5-8,13-19H,9-12H2,1-4H3;2-5,10-16H,6-9H2,1H3;5H2,1-3H3. The zero-order valence-corrected chi connectivity index (χ0v) is 49.9. The SMILES string of the molecule is CC(C)(C)[S+](N)[O-].Cn1cc(-c2cc3c(N4CCN(c5ncc(C(=N[S+]([O-])C(C)(C)C)c6ccc(F)cc6)cn5)CC4)ncnn3c2)cn1.Cn1cc(-c2cc3c(N4CCN(c5ncc(C(=O)c6ccc(F)cc6)cn5)CC4)ncnn3c2)cn1. The molecule has 2 fully saturated rings. The fraction of sp³-hybridized carbons (Fsp3) is 0.310. The van der Waals surface area contributed by atoms with Crippen molar-refractivity contribution in [3.8, 4) is 22.3 Å². The number of piperazine rings is 2. The molecule has 2 aliphatic heterocycles. The van der Waals surface area contributed by atoms with Crippen LogP contribution in [0.2, 0.25) is 0 Å². The maximum Gasteiger partial charge on any atom is 0.225 e. The second-order valence-corrected chi connectivity index (χ2v) is 25.9. The molecule has 12 rings (SSSR count). The third-order valence-electron chi connectivity index (χ3n) is 13.9. The summed E-state index contributed by atoms with van der Waals surface area (Å²) in [6, 6.07) is 15.6. The first-order valence-electron chi connectivity index (χ1n) is 27.2. The molecule has 2 atom stereocenters. The average Bonchev–Trinajstić information content (AvgIpc) is 4.45. The Bertz CT molecular complexity index is 3920. The van der Waals surface area contributed by atoms with Gasteiger partial charge in [0.1, 0.15) is 61.9 Å². The van der Waals surface area contributed by atoms with Crippen LogP contribution in [0.4, 0.5) is 32.3 Å². The number of aryl methyl sites for hydroxylation is 2. The topological polar surface area (TPSA) is 262 Å². The third-order valence-corrected chi connectivity index (χ3v) is 16.5. The van der Waals surface area contributed by atoms with Crippen LogP contribution in [0, 0.1) is 11.6 Å². The summed E-state index contributed by atoms with van der Waals surface area (Å²) in [5, 5.41) is 22.4. The van der Waals surface area contributed by atoms with E-state index < -0.39 is 27.5 Å². The van der Waals surface area contributed by atoms with E-state index >= 15 is 0 Å². The molecular formula is C58H64F2N20O3S2. The smallest absolute Gasteiger partial charge is 0.225 e. The summed E-state index contributed by atoms with van der Waals surface area (Å²) in [5.41, 5.74) is 8.48. The van der Waals surface area contributed by atoms with E-state index in [2.05, 4.69) is 86.4 Å². The van der Waals surface area contributed by atoms with Crippen LogP contribution in [0.25, 0.3) is 33.3 Å². The number of ketones is 1. The van der Waals surface area contributed by atoms with Gasteiger partial charge in [-0.25, -0.2) is 47.7 Å². The summed E-state index contributed by atoms with van der Waals surface area (Å²) >= 11 is -2.70. The molecule has 27 heteroatoms. The molecule has 0 saturated carbocycles. The normalized spacial score (nSPS) is 14.9. The van der Waals surface area contributed by atoms with Gasteiger partial charge >= 0.3 is 0 Å². The van der Waals surface area contributed by atoms with Gasteiger partial charge in [0.05, 0.1) is 18.0 Å². The highest BCUT2D eigenvalue weighted by Crippen LogP contribution is 2.30. The molecule has 2 N–H and O–H groups in total. The van der Waals surface area contributed by atoms with Gasteiger partial charge in [0, 0.05) is 166 Å². The molecule has 10 heterocycles. The zero-order chi connectivity index (χ0) is 60.2. The second-order valence-electron chi connectivity index (χ2n) is 22.1. The Labute approximate surface area is 496 Å². The van der Waals surface area contributed by atoms with Crippen LogP contribution in [0.15, 0.2) is 140 Å². The highest BCUT2D eigenvalue weighted by Gasteiger charge is 2.30. The van der Waals surface area contributed by atoms with E-state index in [4.69, 9.17) is 5.14 Å². The van der Waals surface area contributed by atoms with Crippen LogP contribution >= 0.6 is 0 Å². The number of benzene rings is 2. The summed E-state index contributed by atoms with van der Waals surface area (Å²) in [4.78, 5) is 48.6. The van der Waals surface area contributed by atoms with Gasteiger partial charge in [0.15, 0.2) is 17.4 Å². The number of halogens is 2. The minimum atomic E-state index is -1.52. The minimum absolute atomic E-state index is 0.239. The van der Waals surface area contributed by atoms with Crippen molar-refractivity contribution >= 4 is 68.8 Å². The quantitative estimate of drug-likeness (QED) is 0.0801. The third kappa shape index (κ3) is 14.1. The molecule has 23 nitrogen and oxygen atoms in total. The Morgan fingerprint density at radius 1 is 0.506 bits per heavy atom. The van der Waals surface area contributed by atoms with E-state index in [0.717, 1.165) is 71.1 Å². The largest absolute Gasteiger partial charge is 0.598 e.